The zero-order valence-corrected chi connectivity index (χ0v) is 17.8. The molecule has 2 heterocycles. The highest BCUT2D eigenvalue weighted by atomic mass is 19.1. The summed E-state index contributed by atoms with van der Waals surface area (Å²) < 4.78 is 43.9. The van der Waals surface area contributed by atoms with Crippen LogP contribution in [-0.2, 0) is 4.79 Å². The van der Waals surface area contributed by atoms with Crippen molar-refractivity contribution in [1.29, 1.82) is 0 Å². The third kappa shape index (κ3) is 4.19. The second-order valence-corrected chi connectivity index (χ2v) is 8.76. The second-order valence-electron chi connectivity index (χ2n) is 8.76. The number of imidazole rings is 1. The quantitative estimate of drug-likeness (QED) is 0.510. The maximum Gasteiger partial charge on any atom is 0.224 e. The van der Waals surface area contributed by atoms with Crippen molar-refractivity contribution >= 4 is 34.7 Å². The molecule has 2 fully saturated rings. The Balaban J connectivity index is 1.54. The van der Waals surface area contributed by atoms with Crippen molar-refractivity contribution in [3.8, 4) is 0 Å². The van der Waals surface area contributed by atoms with Crippen LogP contribution in [0.2, 0.25) is 0 Å². The van der Waals surface area contributed by atoms with Crippen molar-refractivity contribution < 1.29 is 18.0 Å². The van der Waals surface area contributed by atoms with E-state index in [4.69, 9.17) is 5.73 Å². The maximum absolute atomic E-state index is 14.4. The number of carbonyl (C=O) groups is 1. The van der Waals surface area contributed by atoms with Crippen LogP contribution in [0.3, 0.4) is 0 Å². The van der Waals surface area contributed by atoms with Gasteiger partial charge in [0.1, 0.15) is 17.0 Å². The van der Waals surface area contributed by atoms with Crippen LogP contribution in [0.1, 0.15) is 51.0 Å². The molecule has 0 bridgehead atoms. The van der Waals surface area contributed by atoms with Crippen molar-refractivity contribution in [2.24, 2.45) is 11.7 Å². The van der Waals surface area contributed by atoms with Crippen LogP contribution in [0.4, 0.5) is 30.8 Å². The lowest BCUT2D eigenvalue weighted by molar-refractivity contribution is -0.122. The number of fused-ring (bicyclic) bond motifs is 1. The van der Waals surface area contributed by atoms with Crippen LogP contribution >= 0.6 is 0 Å². The van der Waals surface area contributed by atoms with E-state index >= 15 is 0 Å². The predicted octanol–water partition coefficient (Wildman–Crippen LogP) is 4.17. The molecule has 2 saturated carbocycles. The van der Waals surface area contributed by atoms with Crippen LogP contribution < -0.4 is 16.4 Å². The molecule has 0 atom stereocenters. The molecule has 0 unspecified atom stereocenters. The largest absolute Gasteiger partial charge is 0.369 e. The van der Waals surface area contributed by atoms with Crippen LogP contribution in [0.25, 0.3) is 11.2 Å². The van der Waals surface area contributed by atoms with E-state index in [-0.39, 0.29) is 23.8 Å². The zero-order valence-electron chi connectivity index (χ0n) is 17.8. The normalized spacial score (nSPS) is 21.1. The fraction of sp³-hybridized carbons (Fsp3) is 0.455. The van der Waals surface area contributed by atoms with Gasteiger partial charge in [0.15, 0.2) is 17.3 Å². The van der Waals surface area contributed by atoms with E-state index in [1.807, 2.05) is 0 Å². The first-order chi connectivity index (χ1) is 15.9. The highest BCUT2D eigenvalue weighted by Gasteiger charge is 2.30. The van der Waals surface area contributed by atoms with Gasteiger partial charge in [-0.3, -0.25) is 9.36 Å². The monoisotopic (exact) mass is 459 g/mol. The fourth-order valence-electron chi connectivity index (χ4n) is 4.52. The Bertz CT molecular complexity index is 1180. The number of nitrogens with zero attached hydrogens (tertiary/aromatic N) is 4. The van der Waals surface area contributed by atoms with Crippen molar-refractivity contribution in [2.45, 2.75) is 57.0 Å². The Hall–Kier alpha value is -3.37. The van der Waals surface area contributed by atoms with Gasteiger partial charge in [-0.15, -0.1) is 0 Å². The second kappa shape index (κ2) is 8.53. The van der Waals surface area contributed by atoms with E-state index in [0.717, 1.165) is 19.3 Å². The number of nitrogens with two attached hydrogens (primary N) is 1. The maximum atomic E-state index is 14.4. The fourth-order valence-corrected chi connectivity index (χ4v) is 4.52. The molecule has 2 aliphatic carbocycles. The van der Waals surface area contributed by atoms with Gasteiger partial charge in [-0.2, -0.15) is 4.98 Å². The van der Waals surface area contributed by atoms with Gasteiger partial charge in [-0.05, 0) is 44.9 Å². The first kappa shape index (κ1) is 21.5. The van der Waals surface area contributed by atoms with Gasteiger partial charge in [-0.25, -0.2) is 23.1 Å². The van der Waals surface area contributed by atoms with Gasteiger partial charge in [0.25, 0.3) is 0 Å². The molecule has 33 heavy (non-hydrogen) atoms. The van der Waals surface area contributed by atoms with Gasteiger partial charge in [0.05, 0.1) is 6.20 Å². The zero-order chi connectivity index (χ0) is 23.1. The van der Waals surface area contributed by atoms with Crippen LogP contribution in [0.5, 0.6) is 0 Å². The van der Waals surface area contributed by atoms with E-state index in [1.165, 1.54) is 0 Å². The predicted molar refractivity (Wildman–Crippen MR) is 116 cm³/mol. The number of amides is 1. The summed E-state index contributed by atoms with van der Waals surface area (Å²) in [5.41, 5.74) is 5.94. The number of aromatic nitrogens is 4. The van der Waals surface area contributed by atoms with Crippen molar-refractivity contribution in [2.75, 3.05) is 10.6 Å². The lowest BCUT2D eigenvalue weighted by atomic mass is 9.85. The van der Waals surface area contributed by atoms with Crippen LogP contribution in [0.15, 0.2) is 18.3 Å². The lowest BCUT2D eigenvalue weighted by Crippen LogP contribution is -2.29. The molecule has 1 aromatic carbocycles. The highest BCUT2D eigenvalue weighted by Crippen LogP contribution is 2.37. The molecule has 0 radical (unpaired) electrons. The van der Waals surface area contributed by atoms with E-state index in [2.05, 4.69) is 25.6 Å². The molecular weight excluding hydrogens is 435 g/mol. The van der Waals surface area contributed by atoms with E-state index in [9.17, 15) is 18.0 Å². The minimum atomic E-state index is -1.07. The first-order valence-corrected chi connectivity index (χ1v) is 11.1. The van der Waals surface area contributed by atoms with Gasteiger partial charge >= 0.3 is 0 Å². The number of anilines is 3. The van der Waals surface area contributed by atoms with Crippen LogP contribution in [0, 0.1) is 23.4 Å². The van der Waals surface area contributed by atoms with Gasteiger partial charge in [0, 0.05) is 30.1 Å². The smallest absolute Gasteiger partial charge is 0.224 e. The summed E-state index contributed by atoms with van der Waals surface area (Å²) in [6, 6.07) is 1.42. The van der Waals surface area contributed by atoms with E-state index in [0.29, 0.717) is 61.0 Å². The molecule has 0 aliphatic heterocycles. The number of carbonyl (C=O) groups excluding carboxylic acids is 1. The molecule has 8 nitrogen and oxygen atoms in total. The Morgan fingerprint density at radius 3 is 2.33 bits per heavy atom. The summed E-state index contributed by atoms with van der Waals surface area (Å²) >= 11 is 0. The first-order valence-electron chi connectivity index (χ1n) is 11.1. The summed E-state index contributed by atoms with van der Waals surface area (Å²) in [6.07, 6.45) is 7.25. The Kier molecular flexibility index (Phi) is 5.55. The summed E-state index contributed by atoms with van der Waals surface area (Å²) in [7, 11) is 0. The van der Waals surface area contributed by atoms with E-state index < -0.39 is 23.1 Å². The summed E-state index contributed by atoms with van der Waals surface area (Å²) in [4.78, 5) is 25.1. The lowest BCUT2D eigenvalue weighted by Gasteiger charge is -2.29. The number of hydrogen-bond donors (Lipinski definition) is 3. The average Bonchev–Trinajstić information content (AvgIpc) is 3.10. The van der Waals surface area contributed by atoms with E-state index in [1.54, 1.807) is 10.8 Å². The Morgan fingerprint density at radius 2 is 1.73 bits per heavy atom. The molecule has 5 rings (SSSR count). The summed E-state index contributed by atoms with van der Waals surface area (Å²) in [5.74, 6) is -3.04. The van der Waals surface area contributed by atoms with Crippen molar-refractivity contribution in [3.63, 3.8) is 0 Å². The molecule has 2 aromatic heterocycles. The third-order valence-electron chi connectivity index (χ3n) is 6.58. The van der Waals surface area contributed by atoms with Gasteiger partial charge < -0.3 is 16.4 Å². The molecule has 174 valence electrons. The summed E-state index contributed by atoms with van der Waals surface area (Å²) in [5, 5.41) is 5.99. The number of halogens is 3. The van der Waals surface area contributed by atoms with Gasteiger partial charge in [0.2, 0.25) is 17.8 Å². The number of rotatable bonds is 6. The minimum absolute atomic E-state index is 0.119. The van der Waals surface area contributed by atoms with Crippen LogP contribution in [-0.4, -0.2) is 31.5 Å². The molecule has 4 N–H and O–H groups in total. The van der Waals surface area contributed by atoms with Crippen molar-refractivity contribution in [3.05, 3.63) is 35.8 Å². The molecule has 2 aliphatic rings. The SMILES string of the molecule is NC(=O)[C@H]1CC[C@H](n2c(Nc3c(F)cc(F)cc3F)nc3cnc(NC4CCC4)nc32)CC1. The molecule has 3 aromatic rings. The topological polar surface area (TPSA) is 111 Å². The Labute approximate surface area is 187 Å². The third-order valence-corrected chi connectivity index (χ3v) is 6.58. The summed E-state index contributed by atoms with van der Waals surface area (Å²) in [6.45, 7) is 0. The minimum Gasteiger partial charge on any atom is -0.369 e. The number of primary amides is 1. The highest BCUT2D eigenvalue weighted by molar-refractivity contribution is 5.78. The number of hydrogen-bond acceptors (Lipinski definition) is 6. The molecule has 1 amide bonds. The average molecular weight is 459 g/mol. The molecule has 0 saturated heterocycles. The number of benzene rings is 1. The van der Waals surface area contributed by atoms with Gasteiger partial charge in [-0.1, -0.05) is 0 Å². The molecule has 11 heteroatoms. The van der Waals surface area contributed by atoms with Crippen molar-refractivity contribution in [1.82, 2.24) is 19.5 Å². The standard InChI is InChI=1S/C22H24F3N7O/c23-12-8-15(24)18(16(25)9-12)30-22-29-17-10-27-21(28-13-2-1-3-13)31-20(17)32(22)14-6-4-11(5-7-14)19(26)33/h8-11,13-14H,1-7H2,(H2,26,33)(H,29,30)(H,27,28,31)/t11-,14-. The number of nitrogens with one attached hydrogen (secondary N) is 2. The Morgan fingerprint density at radius 1 is 1.03 bits per heavy atom. The molecule has 0 spiro atoms. The molecular formula is C22H24F3N7O.